The summed E-state index contributed by atoms with van der Waals surface area (Å²) in [6, 6.07) is -0.621. The molecule has 0 aliphatic carbocycles. The summed E-state index contributed by atoms with van der Waals surface area (Å²) in [5.41, 5.74) is -0.585. The molecule has 0 spiro atoms. The Bertz CT molecular complexity index is 613. The van der Waals surface area contributed by atoms with Gasteiger partial charge < -0.3 is 24.9 Å². The van der Waals surface area contributed by atoms with Gasteiger partial charge in [-0.05, 0) is 40.0 Å². The van der Waals surface area contributed by atoms with Gasteiger partial charge in [-0.15, -0.1) is 5.06 Å². The summed E-state index contributed by atoms with van der Waals surface area (Å²) in [6.07, 6.45) is 0.0543. The smallest absolute Gasteiger partial charge is 0.407 e. The van der Waals surface area contributed by atoms with Gasteiger partial charge in [0, 0.05) is 25.4 Å². The Morgan fingerprint density at radius 2 is 1.69 bits per heavy atom. The van der Waals surface area contributed by atoms with E-state index in [0.29, 0.717) is 30.9 Å². The Hall–Kier alpha value is -2.85. The first-order chi connectivity index (χ1) is 13.5. The van der Waals surface area contributed by atoms with Crippen molar-refractivity contribution >= 4 is 30.0 Å². The summed E-state index contributed by atoms with van der Waals surface area (Å²) in [6.45, 7) is 5.65. The maximum absolute atomic E-state index is 12.0. The predicted octanol–water partition coefficient (Wildman–Crippen LogP) is 1.40. The van der Waals surface area contributed by atoms with Gasteiger partial charge in [-0.25, -0.2) is 14.4 Å². The van der Waals surface area contributed by atoms with Gasteiger partial charge in [-0.2, -0.15) is 0 Å². The number of imide groups is 1. The van der Waals surface area contributed by atoms with E-state index in [1.54, 1.807) is 20.8 Å². The second kappa shape index (κ2) is 11.2. The highest BCUT2D eigenvalue weighted by molar-refractivity contribution is 6.01. The van der Waals surface area contributed by atoms with E-state index in [9.17, 15) is 24.0 Å². The number of rotatable bonds is 9. The fourth-order valence-corrected chi connectivity index (χ4v) is 2.47. The van der Waals surface area contributed by atoms with Crippen molar-refractivity contribution in [3.05, 3.63) is 0 Å². The first-order valence-corrected chi connectivity index (χ1v) is 9.39. The molecule has 4 amide bonds. The molecule has 29 heavy (non-hydrogen) atoms. The number of hydroxylamine groups is 2. The first kappa shape index (κ1) is 24.2. The lowest BCUT2D eigenvalue weighted by molar-refractivity contribution is -0.197. The van der Waals surface area contributed by atoms with E-state index < -0.39 is 41.6 Å². The molecule has 1 aliphatic heterocycles. The van der Waals surface area contributed by atoms with Crippen molar-refractivity contribution in [1.29, 1.82) is 0 Å². The molecule has 0 aromatic rings. The SMILES string of the molecule is COC(=O)NC(CCCCNC(=O)OC(C)(C)C)CC(=O)ON1C(=O)CCC1=O. The summed E-state index contributed by atoms with van der Waals surface area (Å²) in [7, 11) is 1.19. The molecule has 0 bridgehead atoms. The zero-order valence-electron chi connectivity index (χ0n) is 17.2. The summed E-state index contributed by atoms with van der Waals surface area (Å²) < 4.78 is 9.66. The highest BCUT2D eigenvalue weighted by Crippen LogP contribution is 2.14. The molecule has 1 saturated heterocycles. The van der Waals surface area contributed by atoms with Crippen molar-refractivity contribution in [2.24, 2.45) is 0 Å². The molecule has 1 fully saturated rings. The number of amides is 4. The normalized spacial score (nSPS) is 15.0. The first-order valence-electron chi connectivity index (χ1n) is 9.39. The maximum atomic E-state index is 12.0. The van der Waals surface area contributed by atoms with E-state index in [0.717, 1.165) is 0 Å². The molecule has 0 aromatic heterocycles. The lowest BCUT2D eigenvalue weighted by Crippen LogP contribution is -2.39. The molecule has 1 atom stereocenters. The lowest BCUT2D eigenvalue weighted by atomic mass is 10.1. The van der Waals surface area contributed by atoms with Crippen molar-refractivity contribution < 1.29 is 38.3 Å². The van der Waals surface area contributed by atoms with Crippen molar-refractivity contribution in [1.82, 2.24) is 15.7 Å². The van der Waals surface area contributed by atoms with Crippen molar-refractivity contribution in [2.45, 2.75) is 70.9 Å². The molecule has 0 aromatic carbocycles. The summed E-state index contributed by atoms with van der Waals surface area (Å²) in [5.74, 6) is -1.97. The highest BCUT2D eigenvalue weighted by atomic mass is 16.7. The van der Waals surface area contributed by atoms with E-state index in [1.165, 1.54) is 7.11 Å². The quantitative estimate of drug-likeness (QED) is 0.425. The highest BCUT2D eigenvalue weighted by Gasteiger charge is 2.33. The molecular weight excluding hydrogens is 386 g/mol. The van der Waals surface area contributed by atoms with Gasteiger partial charge in [-0.3, -0.25) is 9.59 Å². The topological polar surface area (TPSA) is 140 Å². The van der Waals surface area contributed by atoms with Crippen LogP contribution in [0.1, 0.15) is 59.3 Å². The zero-order valence-corrected chi connectivity index (χ0v) is 17.2. The number of ether oxygens (including phenoxy) is 2. The van der Waals surface area contributed by atoms with E-state index >= 15 is 0 Å². The largest absolute Gasteiger partial charge is 0.453 e. The average molecular weight is 415 g/mol. The van der Waals surface area contributed by atoms with E-state index in [4.69, 9.17) is 9.57 Å². The van der Waals surface area contributed by atoms with Crippen LogP contribution in [-0.2, 0) is 28.7 Å². The molecule has 0 saturated carbocycles. The van der Waals surface area contributed by atoms with Crippen LogP contribution in [-0.4, -0.2) is 60.3 Å². The predicted molar refractivity (Wildman–Crippen MR) is 99.2 cm³/mol. The number of nitrogens with one attached hydrogen (secondary N) is 2. The number of carbonyl (C=O) groups excluding carboxylic acids is 5. The fourth-order valence-electron chi connectivity index (χ4n) is 2.47. The van der Waals surface area contributed by atoms with Gasteiger partial charge in [0.1, 0.15) is 5.60 Å². The summed E-state index contributed by atoms with van der Waals surface area (Å²) >= 11 is 0. The average Bonchev–Trinajstić information content (AvgIpc) is 2.91. The number of methoxy groups -OCH3 is 1. The summed E-state index contributed by atoms with van der Waals surface area (Å²) in [5, 5.41) is 5.59. The Kier molecular flexibility index (Phi) is 9.36. The zero-order chi connectivity index (χ0) is 22.0. The van der Waals surface area contributed by atoms with Crippen LogP contribution in [0.5, 0.6) is 0 Å². The van der Waals surface area contributed by atoms with Gasteiger partial charge >= 0.3 is 18.2 Å². The Morgan fingerprint density at radius 3 is 2.24 bits per heavy atom. The van der Waals surface area contributed by atoms with Crippen LogP contribution in [0.3, 0.4) is 0 Å². The fraction of sp³-hybridized carbons (Fsp3) is 0.722. The van der Waals surface area contributed by atoms with E-state index in [1.807, 2.05) is 0 Å². The third-order valence-corrected chi connectivity index (χ3v) is 3.77. The van der Waals surface area contributed by atoms with E-state index in [-0.39, 0.29) is 19.3 Å². The molecule has 11 nitrogen and oxygen atoms in total. The number of carbonyl (C=O) groups is 5. The summed E-state index contributed by atoms with van der Waals surface area (Å²) in [4.78, 5) is 62.9. The van der Waals surface area contributed by atoms with Crippen LogP contribution < -0.4 is 10.6 Å². The standard InChI is InChI=1S/C18H29N3O8/c1-18(2,3)28-16(25)19-10-6-5-7-12(20-17(26)27-4)11-15(24)29-21-13(22)8-9-14(21)23/h12H,5-11H2,1-4H3,(H,19,25)(H,20,26). The number of hydrogen-bond acceptors (Lipinski definition) is 8. The Balaban J connectivity index is 2.42. The maximum Gasteiger partial charge on any atom is 0.407 e. The molecule has 1 unspecified atom stereocenters. The molecule has 11 heteroatoms. The molecule has 164 valence electrons. The van der Waals surface area contributed by atoms with Crippen LogP contribution in [0, 0.1) is 0 Å². The molecule has 1 heterocycles. The minimum absolute atomic E-state index is 0.000596. The molecule has 1 rings (SSSR count). The molecular formula is C18H29N3O8. The van der Waals surface area contributed by atoms with Gasteiger partial charge in [0.15, 0.2) is 0 Å². The van der Waals surface area contributed by atoms with Gasteiger partial charge in [0.25, 0.3) is 11.8 Å². The number of unbranched alkanes of at least 4 members (excludes halogenated alkanes) is 1. The van der Waals surface area contributed by atoms with Gasteiger partial charge in [0.2, 0.25) is 0 Å². The second-order valence-corrected chi connectivity index (χ2v) is 7.51. The lowest BCUT2D eigenvalue weighted by Gasteiger charge is -2.20. The van der Waals surface area contributed by atoms with Gasteiger partial charge in [0.05, 0.1) is 13.5 Å². The third-order valence-electron chi connectivity index (χ3n) is 3.77. The Labute approximate surface area is 169 Å². The minimum Gasteiger partial charge on any atom is -0.453 e. The van der Waals surface area contributed by atoms with Gasteiger partial charge in [-0.1, -0.05) is 0 Å². The molecule has 1 aliphatic rings. The van der Waals surface area contributed by atoms with E-state index in [2.05, 4.69) is 15.4 Å². The number of nitrogens with zero attached hydrogens (tertiary/aromatic N) is 1. The monoisotopic (exact) mass is 415 g/mol. The third kappa shape index (κ3) is 9.77. The van der Waals surface area contributed by atoms with Crippen molar-refractivity contribution in [2.75, 3.05) is 13.7 Å². The number of alkyl carbamates (subject to hydrolysis) is 2. The van der Waals surface area contributed by atoms with Crippen LogP contribution in [0.4, 0.5) is 9.59 Å². The number of hydrogen-bond donors (Lipinski definition) is 2. The van der Waals surface area contributed by atoms with Crippen molar-refractivity contribution in [3.8, 4) is 0 Å². The van der Waals surface area contributed by atoms with Crippen LogP contribution in [0.15, 0.2) is 0 Å². The Morgan fingerprint density at radius 1 is 1.07 bits per heavy atom. The van der Waals surface area contributed by atoms with Crippen LogP contribution in [0.2, 0.25) is 0 Å². The molecule has 0 radical (unpaired) electrons. The second-order valence-electron chi connectivity index (χ2n) is 7.51. The van der Waals surface area contributed by atoms with Crippen LogP contribution in [0.25, 0.3) is 0 Å². The van der Waals surface area contributed by atoms with Crippen molar-refractivity contribution in [3.63, 3.8) is 0 Å². The molecule has 2 N–H and O–H groups in total. The van der Waals surface area contributed by atoms with Crippen LogP contribution >= 0.6 is 0 Å². The minimum atomic E-state index is -0.818.